The van der Waals surface area contributed by atoms with Gasteiger partial charge in [0.05, 0.1) is 16.9 Å². The molecule has 0 radical (unpaired) electrons. The average molecular weight is 403 g/mol. The van der Waals surface area contributed by atoms with E-state index in [0.717, 1.165) is 22.5 Å². The summed E-state index contributed by atoms with van der Waals surface area (Å²) in [5.41, 5.74) is 4.17. The zero-order valence-electron chi connectivity index (χ0n) is 15.6. The van der Waals surface area contributed by atoms with E-state index in [1.54, 1.807) is 16.8 Å². The largest absolute Gasteiger partial charge is 0.404 e. The van der Waals surface area contributed by atoms with E-state index in [1.807, 2.05) is 39.8 Å². The fourth-order valence-corrected chi connectivity index (χ4v) is 3.30. The number of rotatable bonds is 4. The van der Waals surface area contributed by atoms with Gasteiger partial charge in [0.25, 0.3) is 0 Å². The predicted octanol–water partition coefficient (Wildman–Crippen LogP) is 6.14. The number of aromatic nitrogens is 2. The van der Waals surface area contributed by atoms with Crippen LogP contribution in [0.15, 0.2) is 42.5 Å². The SMILES string of the molecule is Cc1ccc(-n2nc(C(C)C)cc2OC(=O)c2cc(Cl)cc(Cl)c2)c(C)c1. The fourth-order valence-electron chi connectivity index (χ4n) is 2.78. The fraction of sp³-hybridized carbons (Fsp3) is 0.238. The van der Waals surface area contributed by atoms with Crippen molar-refractivity contribution < 1.29 is 9.53 Å². The second-order valence-corrected chi connectivity index (χ2v) is 7.68. The molecule has 2 aromatic carbocycles. The highest BCUT2D eigenvalue weighted by Crippen LogP contribution is 2.27. The average Bonchev–Trinajstić information content (AvgIpc) is 2.98. The first-order valence-corrected chi connectivity index (χ1v) is 9.36. The smallest absolute Gasteiger partial charge is 0.344 e. The van der Waals surface area contributed by atoms with Crippen molar-refractivity contribution in [1.82, 2.24) is 9.78 Å². The molecule has 0 saturated carbocycles. The molecule has 0 aliphatic rings. The van der Waals surface area contributed by atoms with Crippen LogP contribution in [0.1, 0.15) is 46.9 Å². The van der Waals surface area contributed by atoms with E-state index in [4.69, 9.17) is 27.9 Å². The third-order valence-corrected chi connectivity index (χ3v) is 4.60. The number of hydrogen-bond donors (Lipinski definition) is 0. The maximum absolute atomic E-state index is 12.6. The zero-order valence-corrected chi connectivity index (χ0v) is 17.1. The van der Waals surface area contributed by atoms with Gasteiger partial charge in [0.1, 0.15) is 0 Å². The minimum absolute atomic E-state index is 0.190. The van der Waals surface area contributed by atoms with E-state index in [1.165, 1.54) is 12.1 Å². The molecule has 0 aliphatic carbocycles. The van der Waals surface area contributed by atoms with Crippen LogP contribution in [0.5, 0.6) is 5.88 Å². The molecule has 0 bridgehead atoms. The highest BCUT2D eigenvalue weighted by atomic mass is 35.5. The predicted molar refractivity (Wildman–Crippen MR) is 109 cm³/mol. The van der Waals surface area contributed by atoms with Crippen molar-refractivity contribution in [3.8, 4) is 11.6 Å². The van der Waals surface area contributed by atoms with Gasteiger partial charge in [-0.05, 0) is 49.6 Å². The highest BCUT2D eigenvalue weighted by molar-refractivity contribution is 6.35. The van der Waals surface area contributed by atoms with Crippen molar-refractivity contribution in [2.24, 2.45) is 0 Å². The minimum Gasteiger partial charge on any atom is -0.404 e. The van der Waals surface area contributed by atoms with E-state index in [2.05, 4.69) is 11.2 Å². The second-order valence-electron chi connectivity index (χ2n) is 6.81. The molecular formula is C21H20Cl2N2O2. The number of nitrogens with zero attached hydrogens (tertiary/aromatic N) is 2. The molecule has 4 nitrogen and oxygen atoms in total. The quantitative estimate of drug-likeness (QED) is 0.492. The summed E-state index contributed by atoms with van der Waals surface area (Å²) in [4.78, 5) is 12.6. The van der Waals surface area contributed by atoms with Crippen LogP contribution in [-0.2, 0) is 0 Å². The van der Waals surface area contributed by atoms with Crippen molar-refractivity contribution in [3.05, 3.63) is 74.9 Å². The van der Waals surface area contributed by atoms with Gasteiger partial charge in [-0.3, -0.25) is 0 Å². The molecule has 0 fully saturated rings. The molecule has 0 saturated heterocycles. The first kappa shape index (κ1) is 19.5. The lowest BCUT2D eigenvalue weighted by Crippen LogP contribution is -2.12. The Hall–Kier alpha value is -2.30. The lowest BCUT2D eigenvalue weighted by molar-refractivity contribution is 0.0723. The Morgan fingerprint density at radius 2 is 1.70 bits per heavy atom. The third kappa shape index (κ3) is 4.34. The van der Waals surface area contributed by atoms with Gasteiger partial charge >= 0.3 is 5.97 Å². The van der Waals surface area contributed by atoms with Crippen LogP contribution in [0, 0.1) is 13.8 Å². The lowest BCUT2D eigenvalue weighted by atomic mass is 10.1. The number of carbonyl (C=O) groups is 1. The summed E-state index contributed by atoms with van der Waals surface area (Å²) < 4.78 is 7.32. The molecule has 3 aromatic rings. The van der Waals surface area contributed by atoms with Gasteiger partial charge < -0.3 is 4.74 Å². The zero-order chi connectivity index (χ0) is 19.7. The molecular weight excluding hydrogens is 383 g/mol. The molecule has 1 aromatic heterocycles. The van der Waals surface area contributed by atoms with Gasteiger partial charge in [-0.1, -0.05) is 54.7 Å². The van der Waals surface area contributed by atoms with Crippen LogP contribution in [-0.4, -0.2) is 15.7 Å². The number of aryl methyl sites for hydroxylation is 2. The summed E-state index contributed by atoms with van der Waals surface area (Å²) >= 11 is 12.0. The van der Waals surface area contributed by atoms with Crippen LogP contribution in [0.3, 0.4) is 0 Å². The monoisotopic (exact) mass is 402 g/mol. The van der Waals surface area contributed by atoms with E-state index in [0.29, 0.717) is 15.9 Å². The van der Waals surface area contributed by atoms with Gasteiger partial charge in [-0.2, -0.15) is 5.10 Å². The lowest BCUT2D eigenvalue weighted by Gasteiger charge is -2.11. The first-order chi connectivity index (χ1) is 12.7. The van der Waals surface area contributed by atoms with Gasteiger partial charge in [0.15, 0.2) is 0 Å². The number of hydrogen-bond acceptors (Lipinski definition) is 3. The van der Waals surface area contributed by atoms with E-state index < -0.39 is 5.97 Å². The summed E-state index contributed by atoms with van der Waals surface area (Å²) in [6, 6.07) is 12.4. The summed E-state index contributed by atoms with van der Waals surface area (Å²) in [6.45, 7) is 8.11. The summed E-state index contributed by atoms with van der Waals surface area (Å²) in [6.07, 6.45) is 0. The molecule has 0 N–H and O–H groups in total. The second kappa shape index (κ2) is 7.75. The molecule has 140 valence electrons. The van der Waals surface area contributed by atoms with Crippen molar-refractivity contribution >= 4 is 29.2 Å². The first-order valence-electron chi connectivity index (χ1n) is 8.60. The maximum atomic E-state index is 12.6. The molecule has 0 aliphatic heterocycles. The molecule has 27 heavy (non-hydrogen) atoms. The van der Waals surface area contributed by atoms with Gasteiger partial charge in [0, 0.05) is 16.1 Å². The van der Waals surface area contributed by atoms with Gasteiger partial charge in [0.2, 0.25) is 5.88 Å². The van der Waals surface area contributed by atoms with Crippen LogP contribution >= 0.6 is 23.2 Å². The maximum Gasteiger partial charge on any atom is 0.344 e. The van der Waals surface area contributed by atoms with Gasteiger partial charge in [-0.25, -0.2) is 9.48 Å². The van der Waals surface area contributed by atoms with Crippen LogP contribution in [0.2, 0.25) is 10.0 Å². The van der Waals surface area contributed by atoms with E-state index in [9.17, 15) is 4.79 Å². The third-order valence-electron chi connectivity index (χ3n) is 4.16. The van der Waals surface area contributed by atoms with Crippen LogP contribution < -0.4 is 4.74 Å². The van der Waals surface area contributed by atoms with Crippen LogP contribution in [0.25, 0.3) is 5.69 Å². The number of ether oxygens (including phenoxy) is 1. The van der Waals surface area contributed by atoms with Crippen molar-refractivity contribution in [3.63, 3.8) is 0 Å². The highest BCUT2D eigenvalue weighted by Gasteiger charge is 2.19. The van der Waals surface area contributed by atoms with Crippen molar-refractivity contribution in [2.75, 3.05) is 0 Å². The van der Waals surface area contributed by atoms with E-state index >= 15 is 0 Å². The number of halogens is 2. The molecule has 0 spiro atoms. The summed E-state index contributed by atoms with van der Waals surface area (Å²) in [7, 11) is 0. The van der Waals surface area contributed by atoms with Crippen LogP contribution in [0.4, 0.5) is 0 Å². The Labute approximate surface area is 168 Å². The molecule has 0 unspecified atom stereocenters. The number of benzene rings is 2. The summed E-state index contributed by atoms with van der Waals surface area (Å²) in [5, 5.41) is 5.39. The molecule has 3 rings (SSSR count). The Morgan fingerprint density at radius 3 is 2.30 bits per heavy atom. The Kier molecular flexibility index (Phi) is 5.59. The molecule has 0 amide bonds. The summed E-state index contributed by atoms with van der Waals surface area (Å²) in [5.74, 6) is 0.00226. The number of esters is 1. The van der Waals surface area contributed by atoms with Gasteiger partial charge in [-0.15, -0.1) is 0 Å². The standard InChI is InChI=1S/C21H20Cl2N2O2/c1-12(2)18-11-20(25(24-18)19-6-5-13(3)7-14(19)4)27-21(26)15-8-16(22)10-17(23)9-15/h5-12H,1-4H3. The topological polar surface area (TPSA) is 44.1 Å². The van der Waals surface area contributed by atoms with Crippen molar-refractivity contribution in [1.29, 1.82) is 0 Å². The minimum atomic E-state index is -0.541. The van der Waals surface area contributed by atoms with E-state index in [-0.39, 0.29) is 11.5 Å². The number of carbonyl (C=O) groups excluding carboxylic acids is 1. The Bertz CT molecular complexity index is 989. The van der Waals surface area contributed by atoms with Crippen molar-refractivity contribution in [2.45, 2.75) is 33.6 Å². The normalized spacial score (nSPS) is 11.1. The molecule has 6 heteroatoms. The molecule has 1 heterocycles. The Morgan fingerprint density at radius 1 is 1.04 bits per heavy atom. The Balaban J connectivity index is 2.02. The molecule has 0 atom stereocenters.